The SMILES string of the molecule is CN=C(NCC(c1ccco1)N(C)C)N(C)Cc1ccccc1.I. The molecule has 1 heterocycles. The molecular weight excluding hydrogens is 415 g/mol. The molecule has 2 aromatic rings. The average Bonchev–Trinajstić information content (AvgIpc) is 3.06. The van der Waals surface area contributed by atoms with Gasteiger partial charge in [0.1, 0.15) is 5.76 Å². The Morgan fingerprint density at radius 3 is 2.38 bits per heavy atom. The summed E-state index contributed by atoms with van der Waals surface area (Å²) in [4.78, 5) is 8.63. The fourth-order valence-corrected chi connectivity index (χ4v) is 2.52. The molecule has 1 unspecified atom stereocenters. The quantitative estimate of drug-likeness (QED) is 0.424. The third kappa shape index (κ3) is 5.83. The predicted molar refractivity (Wildman–Crippen MR) is 110 cm³/mol. The Labute approximate surface area is 161 Å². The van der Waals surface area contributed by atoms with Crippen LogP contribution in [0, 0.1) is 0 Å². The number of benzene rings is 1. The smallest absolute Gasteiger partial charge is 0.193 e. The second-order valence-corrected chi connectivity index (χ2v) is 5.76. The fraction of sp³-hybridized carbons (Fsp3) is 0.389. The van der Waals surface area contributed by atoms with Gasteiger partial charge in [0.05, 0.1) is 12.3 Å². The number of guanidine groups is 1. The highest BCUT2D eigenvalue weighted by Gasteiger charge is 2.18. The van der Waals surface area contributed by atoms with Crippen molar-refractivity contribution in [2.45, 2.75) is 12.6 Å². The molecule has 0 aliphatic carbocycles. The lowest BCUT2D eigenvalue weighted by Gasteiger charge is -2.27. The molecule has 0 saturated carbocycles. The van der Waals surface area contributed by atoms with Gasteiger partial charge in [0, 0.05) is 27.2 Å². The molecule has 1 aromatic carbocycles. The molecule has 24 heavy (non-hydrogen) atoms. The van der Waals surface area contributed by atoms with Gasteiger partial charge in [-0.1, -0.05) is 30.3 Å². The van der Waals surface area contributed by atoms with Crippen molar-refractivity contribution < 1.29 is 4.42 Å². The van der Waals surface area contributed by atoms with Crippen LogP contribution in [0.3, 0.4) is 0 Å². The highest BCUT2D eigenvalue weighted by Crippen LogP contribution is 2.17. The van der Waals surface area contributed by atoms with Crippen LogP contribution in [-0.2, 0) is 6.54 Å². The van der Waals surface area contributed by atoms with E-state index in [-0.39, 0.29) is 30.0 Å². The summed E-state index contributed by atoms with van der Waals surface area (Å²) in [5, 5.41) is 3.43. The zero-order valence-electron chi connectivity index (χ0n) is 14.8. The van der Waals surface area contributed by atoms with Crippen LogP contribution in [0.5, 0.6) is 0 Å². The Hall–Kier alpha value is -1.54. The van der Waals surface area contributed by atoms with Crippen molar-refractivity contribution in [2.75, 3.05) is 34.7 Å². The molecule has 2 rings (SSSR count). The van der Waals surface area contributed by atoms with Crippen molar-refractivity contribution in [2.24, 2.45) is 4.99 Å². The van der Waals surface area contributed by atoms with Crippen LogP contribution >= 0.6 is 24.0 Å². The molecule has 0 radical (unpaired) electrons. The van der Waals surface area contributed by atoms with Crippen LogP contribution < -0.4 is 5.32 Å². The van der Waals surface area contributed by atoms with Crippen LogP contribution in [0.2, 0.25) is 0 Å². The Morgan fingerprint density at radius 2 is 1.83 bits per heavy atom. The maximum Gasteiger partial charge on any atom is 0.193 e. The van der Waals surface area contributed by atoms with Crippen molar-refractivity contribution >= 4 is 29.9 Å². The molecule has 0 spiro atoms. The summed E-state index contributed by atoms with van der Waals surface area (Å²) in [6, 6.07) is 14.5. The highest BCUT2D eigenvalue weighted by atomic mass is 127. The molecular formula is C18H27IN4O. The van der Waals surface area contributed by atoms with E-state index in [9.17, 15) is 0 Å². The summed E-state index contributed by atoms with van der Waals surface area (Å²) >= 11 is 0. The first kappa shape index (κ1) is 20.5. The van der Waals surface area contributed by atoms with Crippen molar-refractivity contribution in [3.05, 3.63) is 60.1 Å². The molecule has 0 aliphatic rings. The van der Waals surface area contributed by atoms with Crippen molar-refractivity contribution in [1.82, 2.24) is 15.1 Å². The number of rotatable bonds is 6. The van der Waals surface area contributed by atoms with E-state index in [4.69, 9.17) is 4.42 Å². The molecule has 1 atom stereocenters. The summed E-state index contributed by atoms with van der Waals surface area (Å²) in [6.45, 7) is 1.54. The molecule has 132 valence electrons. The summed E-state index contributed by atoms with van der Waals surface area (Å²) in [5.74, 6) is 1.82. The average molecular weight is 442 g/mol. The third-order valence-electron chi connectivity index (χ3n) is 3.78. The predicted octanol–water partition coefficient (Wildman–Crippen LogP) is 3.21. The van der Waals surface area contributed by atoms with Gasteiger partial charge in [-0.3, -0.25) is 9.89 Å². The molecule has 0 saturated heterocycles. The maximum absolute atomic E-state index is 5.54. The summed E-state index contributed by atoms with van der Waals surface area (Å²) in [5.41, 5.74) is 1.26. The fourth-order valence-electron chi connectivity index (χ4n) is 2.52. The lowest BCUT2D eigenvalue weighted by atomic mass is 10.2. The molecule has 6 heteroatoms. The van der Waals surface area contributed by atoms with E-state index in [0.29, 0.717) is 0 Å². The Kier molecular flexibility index (Phi) is 8.84. The monoisotopic (exact) mass is 442 g/mol. The zero-order chi connectivity index (χ0) is 16.7. The number of hydrogen-bond acceptors (Lipinski definition) is 3. The number of hydrogen-bond donors (Lipinski definition) is 1. The first-order valence-corrected chi connectivity index (χ1v) is 7.77. The van der Waals surface area contributed by atoms with E-state index in [2.05, 4.69) is 44.4 Å². The molecule has 0 bridgehead atoms. The first-order chi connectivity index (χ1) is 11.1. The van der Waals surface area contributed by atoms with E-state index in [0.717, 1.165) is 24.8 Å². The normalized spacial score (nSPS) is 12.6. The standard InChI is InChI=1S/C18H26N4O.HI/c1-19-18(22(4)14-15-9-6-5-7-10-15)20-13-16(21(2)3)17-11-8-12-23-17;/h5-12,16H,13-14H2,1-4H3,(H,19,20);1H. The number of nitrogens with one attached hydrogen (secondary N) is 1. The molecule has 0 fully saturated rings. The van der Waals surface area contributed by atoms with Crippen LogP contribution in [0.25, 0.3) is 0 Å². The van der Waals surface area contributed by atoms with Gasteiger partial charge in [-0.25, -0.2) is 0 Å². The van der Waals surface area contributed by atoms with Crippen molar-refractivity contribution in [3.8, 4) is 0 Å². The molecule has 1 aromatic heterocycles. The van der Waals surface area contributed by atoms with Gasteiger partial charge in [0.15, 0.2) is 5.96 Å². The summed E-state index contributed by atoms with van der Waals surface area (Å²) in [7, 11) is 7.94. The van der Waals surface area contributed by atoms with E-state index in [1.54, 1.807) is 13.3 Å². The lowest BCUT2D eigenvalue weighted by molar-refractivity contribution is 0.256. The second-order valence-electron chi connectivity index (χ2n) is 5.76. The second kappa shape index (κ2) is 10.4. The van der Waals surface area contributed by atoms with Crippen molar-refractivity contribution in [1.29, 1.82) is 0 Å². The topological polar surface area (TPSA) is 44.0 Å². The van der Waals surface area contributed by atoms with Crippen LogP contribution in [0.1, 0.15) is 17.4 Å². The van der Waals surface area contributed by atoms with Gasteiger partial charge in [0.2, 0.25) is 0 Å². The van der Waals surface area contributed by atoms with Gasteiger partial charge in [-0.2, -0.15) is 0 Å². The van der Waals surface area contributed by atoms with Crippen LogP contribution in [0.4, 0.5) is 0 Å². The largest absolute Gasteiger partial charge is 0.468 e. The van der Waals surface area contributed by atoms with E-state index < -0.39 is 0 Å². The number of halogens is 1. The van der Waals surface area contributed by atoms with E-state index >= 15 is 0 Å². The lowest BCUT2D eigenvalue weighted by Crippen LogP contribution is -2.42. The Bertz CT molecular complexity index is 599. The van der Waals surface area contributed by atoms with Crippen molar-refractivity contribution in [3.63, 3.8) is 0 Å². The third-order valence-corrected chi connectivity index (χ3v) is 3.78. The summed E-state index contributed by atoms with van der Waals surface area (Å²) in [6.07, 6.45) is 1.71. The number of furan rings is 1. The van der Waals surface area contributed by atoms with E-state index in [1.165, 1.54) is 5.56 Å². The van der Waals surface area contributed by atoms with Gasteiger partial charge >= 0.3 is 0 Å². The first-order valence-electron chi connectivity index (χ1n) is 7.77. The van der Waals surface area contributed by atoms with Crippen LogP contribution in [0.15, 0.2) is 58.1 Å². The van der Waals surface area contributed by atoms with Gasteiger partial charge in [-0.05, 0) is 31.8 Å². The minimum atomic E-state index is 0. The van der Waals surface area contributed by atoms with Gasteiger partial charge < -0.3 is 14.6 Å². The maximum atomic E-state index is 5.54. The Morgan fingerprint density at radius 1 is 1.12 bits per heavy atom. The molecule has 0 amide bonds. The number of nitrogens with zero attached hydrogens (tertiary/aromatic N) is 3. The molecule has 0 aliphatic heterocycles. The minimum Gasteiger partial charge on any atom is -0.468 e. The molecule has 5 nitrogen and oxygen atoms in total. The Balaban J connectivity index is 0.00000288. The zero-order valence-corrected chi connectivity index (χ0v) is 17.1. The van der Waals surface area contributed by atoms with Gasteiger partial charge in [-0.15, -0.1) is 24.0 Å². The molecule has 1 N–H and O–H groups in total. The number of likely N-dealkylation sites (N-methyl/N-ethyl adjacent to an activating group) is 1. The van der Waals surface area contributed by atoms with E-state index in [1.807, 2.05) is 39.3 Å². The summed E-state index contributed by atoms with van der Waals surface area (Å²) < 4.78 is 5.54. The van der Waals surface area contributed by atoms with Gasteiger partial charge in [0.25, 0.3) is 0 Å². The van der Waals surface area contributed by atoms with Crippen LogP contribution in [-0.4, -0.2) is 50.5 Å². The minimum absolute atomic E-state index is 0. The highest BCUT2D eigenvalue weighted by molar-refractivity contribution is 14.0. The number of aliphatic imine (C=N–C) groups is 1.